The molecule has 0 radical (unpaired) electrons. The van der Waals surface area contributed by atoms with Gasteiger partial charge < -0.3 is 9.80 Å². The summed E-state index contributed by atoms with van der Waals surface area (Å²) in [6, 6.07) is 19.0. The highest BCUT2D eigenvalue weighted by molar-refractivity contribution is 6.91. The molecule has 0 aliphatic carbocycles. The SMILES string of the molecule is CC(C)N(c1ccc(C#C/C(C#C[Si](C(C)C)(C(C)C)C(C)C)=C(/C#Cc2ccc(N(C(C)C)C(C)C)cc2)C#C[Si](C(C)C)(C(C)C)C(C)C)cc1)C(C)C. The van der Waals surface area contributed by atoms with Crippen LogP contribution in [0, 0.1) is 46.6 Å². The fourth-order valence-corrected chi connectivity index (χ4v) is 20.0. The number of benzene rings is 2. The van der Waals surface area contributed by atoms with Crippen LogP contribution < -0.4 is 9.80 Å². The Bertz CT molecular complexity index is 1640. The molecule has 0 saturated carbocycles. The first-order valence-electron chi connectivity index (χ1n) is 21.7. The Kier molecular flexibility index (Phi) is 18.5. The molecular formula is C52H78N2Si2. The minimum atomic E-state index is -2.08. The average molecular weight is 787 g/mol. The predicted octanol–water partition coefficient (Wildman–Crippen LogP) is 14.1. The van der Waals surface area contributed by atoms with Gasteiger partial charge in [-0.15, -0.1) is 11.1 Å². The third kappa shape index (κ3) is 11.8. The first-order valence-corrected chi connectivity index (χ1v) is 26.1. The molecule has 0 fully saturated rings. The number of anilines is 2. The Hall–Kier alpha value is -3.55. The molecule has 0 aliphatic rings. The maximum atomic E-state index is 3.99. The molecule has 4 heteroatoms. The zero-order valence-electron chi connectivity index (χ0n) is 39.3. The predicted molar refractivity (Wildman–Crippen MR) is 257 cm³/mol. The van der Waals surface area contributed by atoms with Gasteiger partial charge in [0.15, 0.2) is 0 Å². The van der Waals surface area contributed by atoms with Gasteiger partial charge >= 0.3 is 0 Å². The summed E-state index contributed by atoms with van der Waals surface area (Å²) in [5.74, 6) is 21.8. The average Bonchev–Trinajstić information content (AvgIpc) is 3.07. The van der Waals surface area contributed by atoms with Crippen molar-refractivity contribution in [3.8, 4) is 46.6 Å². The van der Waals surface area contributed by atoms with Crippen molar-refractivity contribution in [1.29, 1.82) is 0 Å². The van der Waals surface area contributed by atoms with E-state index in [1.54, 1.807) is 0 Å². The number of allylic oxidation sites excluding steroid dienone is 2. The standard InChI is InChI=1S/C52H78N2Si2/c1-37(2)53(38(3)4)51-29-23-47(24-30-51)21-27-49(33-35-55(41(9)10,42(11)12)43(13)14)50(34-36-56(44(15)16,45(17)18)46(19)20)28-22-48-25-31-52(32-26-48)54(39(5)6)40(7)8/h23-26,29-32,37-46H,1-20H3/b50-49+. The van der Waals surface area contributed by atoms with Crippen molar-refractivity contribution in [2.24, 2.45) is 0 Å². The molecular weight excluding hydrogens is 709 g/mol. The van der Waals surface area contributed by atoms with Crippen LogP contribution in [0.4, 0.5) is 11.4 Å². The lowest BCUT2D eigenvalue weighted by Gasteiger charge is -2.38. The van der Waals surface area contributed by atoms with Gasteiger partial charge in [0.2, 0.25) is 0 Å². The molecule has 0 bridgehead atoms. The molecule has 0 atom stereocenters. The summed E-state index contributed by atoms with van der Waals surface area (Å²) < 4.78 is 0. The van der Waals surface area contributed by atoms with Crippen LogP contribution in [-0.4, -0.2) is 40.3 Å². The molecule has 2 aromatic rings. The molecule has 0 aliphatic heterocycles. The van der Waals surface area contributed by atoms with E-state index < -0.39 is 16.1 Å². The van der Waals surface area contributed by atoms with Crippen molar-refractivity contribution < 1.29 is 0 Å². The van der Waals surface area contributed by atoms with Crippen molar-refractivity contribution in [1.82, 2.24) is 0 Å². The third-order valence-corrected chi connectivity index (χ3v) is 24.6. The molecule has 0 amide bonds. The lowest BCUT2D eigenvalue weighted by molar-refractivity contribution is 0.608. The van der Waals surface area contributed by atoms with Crippen LogP contribution in [0.3, 0.4) is 0 Å². The van der Waals surface area contributed by atoms with Crippen LogP contribution in [0.5, 0.6) is 0 Å². The van der Waals surface area contributed by atoms with Gasteiger partial charge in [0.25, 0.3) is 0 Å². The summed E-state index contributed by atoms with van der Waals surface area (Å²) in [4.78, 5) is 4.88. The summed E-state index contributed by atoms with van der Waals surface area (Å²) in [6.07, 6.45) is 0. The van der Waals surface area contributed by atoms with E-state index in [0.29, 0.717) is 57.4 Å². The number of hydrogen-bond acceptors (Lipinski definition) is 2. The van der Waals surface area contributed by atoms with Crippen molar-refractivity contribution in [2.75, 3.05) is 9.80 Å². The van der Waals surface area contributed by atoms with Crippen molar-refractivity contribution in [3.05, 3.63) is 70.8 Å². The normalized spacial score (nSPS) is 12.5. The van der Waals surface area contributed by atoms with Gasteiger partial charge in [0, 0.05) is 46.7 Å². The largest absolute Gasteiger partial charge is 0.367 e. The van der Waals surface area contributed by atoms with Crippen molar-refractivity contribution >= 4 is 27.5 Å². The number of rotatable bonds is 12. The Balaban J connectivity index is 3.11. The molecule has 56 heavy (non-hydrogen) atoms. The smallest absolute Gasteiger partial charge is 0.146 e. The second-order valence-electron chi connectivity index (χ2n) is 18.8. The number of nitrogens with zero attached hydrogens (tertiary/aromatic N) is 2. The van der Waals surface area contributed by atoms with Crippen LogP contribution in [0.2, 0.25) is 33.2 Å². The molecule has 2 nitrogen and oxygen atoms in total. The maximum Gasteiger partial charge on any atom is 0.146 e. The highest BCUT2D eigenvalue weighted by Gasteiger charge is 2.43. The lowest BCUT2D eigenvalue weighted by Crippen LogP contribution is -2.43. The minimum Gasteiger partial charge on any atom is -0.367 e. The molecule has 0 saturated heterocycles. The van der Waals surface area contributed by atoms with Gasteiger partial charge in [0.05, 0.1) is 11.1 Å². The van der Waals surface area contributed by atoms with Crippen LogP contribution in [-0.2, 0) is 0 Å². The van der Waals surface area contributed by atoms with Crippen LogP contribution >= 0.6 is 0 Å². The first-order chi connectivity index (χ1) is 26.0. The molecule has 0 N–H and O–H groups in total. The summed E-state index contributed by atoms with van der Waals surface area (Å²) in [5.41, 5.74) is 16.8. The first kappa shape index (κ1) is 48.6. The Labute approximate surface area is 349 Å². The summed E-state index contributed by atoms with van der Waals surface area (Å²) >= 11 is 0. The fourth-order valence-electron chi connectivity index (χ4n) is 9.61. The molecule has 2 aromatic carbocycles. The third-order valence-electron chi connectivity index (χ3n) is 12.0. The second kappa shape index (κ2) is 21.3. The molecule has 0 heterocycles. The monoisotopic (exact) mass is 787 g/mol. The van der Waals surface area contributed by atoms with E-state index >= 15 is 0 Å². The number of hydrogen-bond donors (Lipinski definition) is 0. The molecule has 0 spiro atoms. The van der Waals surface area contributed by atoms with E-state index in [1.807, 2.05) is 0 Å². The quantitative estimate of drug-likeness (QED) is 0.156. The topological polar surface area (TPSA) is 6.48 Å². The highest BCUT2D eigenvalue weighted by atomic mass is 28.3. The lowest BCUT2D eigenvalue weighted by atomic mass is 10.1. The zero-order chi connectivity index (χ0) is 42.7. The summed E-state index contributed by atoms with van der Waals surface area (Å²) in [6.45, 7) is 46.4. The van der Waals surface area contributed by atoms with Gasteiger partial charge in [-0.3, -0.25) is 0 Å². The fraction of sp³-hybridized carbons (Fsp3) is 0.577. The van der Waals surface area contributed by atoms with Crippen molar-refractivity contribution in [3.63, 3.8) is 0 Å². The molecule has 0 unspecified atom stereocenters. The van der Waals surface area contributed by atoms with Crippen molar-refractivity contribution in [2.45, 2.75) is 196 Å². The summed E-state index contributed by atoms with van der Waals surface area (Å²) in [5, 5.41) is 0. The van der Waals surface area contributed by atoms with E-state index in [1.165, 1.54) is 11.4 Å². The van der Waals surface area contributed by atoms with E-state index in [-0.39, 0.29) is 0 Å². The molecule has 0 aromatic heterocycles. The highest BCUT2D eigenvalue weighted by Crippen LogP contribution is 2.42. The second-order valence-corrected chi connectivity index (χ2v) is 30.0. The minimum absolute atomic E-state index is 0.405. The van der Waals surface area contributed by atoms with Crippen LogP contribution in [0.25, 0.3) is 0 Å². The van der Waals surface area contributed by atoms with Crippen LogP contribution in [0.1, 0.15) is 150 Å². The van der Waals surface area contributed by atoms with Gasteiger partial charge in [-0.25, -0.2) is 0 Å². The molecule has 304 valence electrons. The zero-order valence-corrected chi connectivity index (χ0v) is 41.3. The van der Waals surface area contributed by atoms with Gasteiger partial charge in [0.1, 0.15) is 16.1 Å². The Morgan fingerprint density at radius 3 is 0.786 bits per heavy atom. The van der Waals surface area contributed by atoms with Gasteiger partial charge in [-0.05, 0) is 137 Å². The molecule has 2 rings (SSSR count). The van der Waals surface area contributed by atoms with E-state index in [9.17, 15) is 0 Å². The maximum absolute atomic E-state index is 3.99. The Morgan fingerprint density at radius 2 is 0.589 bits per heavy atom. The van der Waals surface area contributed by atoms with Crippen LogP contribution in [0.15, 0.2) is 59.7 Å². The van der Waals surface area contributed by atoms with Gasteiger partial charge in [-0.2, -0.15) is 0 Å². The van der Waals surface area contributed by atoms with E-state index in [0.717, 1.165) is 22.3 Å². The van der Waals surface area contributed by atoms with Gasteiger partial charge in [-0.1, -0.05) is 119 Å². The van der Waals surface area contributed by atoms with E-state index in [2.05, 4.69) is 243 Å². The van der Waals surface area contributed by atoms with E-state index in [4.69, 9.17) is 0 Å². The summed E-state index contributed by atoms with van der Waals surface area (Å²) in [7, 11) is -4.17. The Morgan fingerprint density at radius 1 is 0.357 bits per heavy atom.